The Balaban J connectivity index is 1.40. The summed E-state index contributed by atoms with van der Waals surface area (Å²) in [4.78, 5) is 13.5. The predicted molar refractivity (Wildman–Crippen MR) is 151 cm³/mol. The van der Waals surface area contributed by atoms with Crippen molar-refractivity contribution in [3.05, 3.63) is 40.8 Å². The Kier molecular flexibility index (Phi) is 9.89. The quantitative estimate of drug-likeness (QED) is 0.119. The number of ether oxygens (including phenoxy) is 6. The molecule has 0 saturated carbocycles. The van der Waals surface area contributed by atoms with E-state index >= 15 is 0 Å². The van der Waals surface area contributed by atoms with Gasteiger partial charge in [-0.2, -0.15) is 0 Å². The van der Waals surface area contributed by atoms with Crippen LogP contribution in [0.4, 0.5) is 0 Å². The van der Waals surface area contributed by atoms with Gasteiger partial charge in [0.2, 0.25) is 17.5 Å². The molecule has 2 fully saturated rings. The van der Waals surface area contributed by atoms with Gasteiger partial charge in [0.25, 0.3) is 0 Å². The van der Waals surface area contributed by atoms with Gasteiger partial charge in [0.1, 0.15) is 66.1 Å². The van der Waals surface area contributed by atoms with E-state index in [-0.39, 0.29) is 39.5 Å². The number of phenols is 2. The Morgan fingerprint density at radius 3 is 2.09 bits per heavy atom. The zero-order valence-corrected chi connectivity index (χ0v) is 24.4. The lowest BCUT2D eigenvalue weighted by Crippen LogP contribution is -2.62. The fraction of sp³-hybridized carbons (Fsp3) is 0.483. The van der Waals surface area contributed by atoms with Crippen molar-refractivity contribution < 1.29 is 78.8 Å². The summed E-state index contributed by atoms with van der Waals surface area (Å²) in [5.74, 6) is -1.42. The molecule has 5 rings (SSSR count). The number of fused-ring (bicyclic) bond motifs is 1. The van der Waals surface area contributed by atoms with Crippen LogP contribution in [0.1, 0.15) is 0 Å². The first-order valence-corrected chi connectivity index (χ1v) is 13.9. The highest BCUT2D eigenvalue weighted by molar-refractivity contribution is 5.91. The van der Waals surface area contributed by atoms with Gasteiger partial charge in [-0.25, -0.2) is 0 Å². The minimum atomic E-state index is -1.86. The standard InChI is InChI=1S/C29H34O17/c1-40-13-5-10(3-4-12(13)31)11-8-42-14-6-15(27(41-2)22(35)18(14)19(11)32)44-29-26(39)24(37)21(34)17(46-29)9-43-28-25(38)23(36)20(33)16(7-30)45-28/h3-6,8,16-17,20-21,23-26,28-31,33-39H,7,9H2,1-2H3. The highest BCUT2D eigenvalue weighted by atomic mass is 16.7. The smallest absolute Gasteiger partial charge is 0.229 e. The first-order chi connectivity index (χ1) is 21.9. The normalized spacial score (nSPS) is 31.5. The number of methoxy groups -OCH3 is 2. The van der Waals surface area contributed by atoms with Crippen molar-refractivity contribution in [3.8, 4) is 39.9 Å². The minimum Gasteiger partial charge on any atom is -0.504 e. The third-order valence-electron chi connectivity index (χ3n) is 7.84. The van der Waals surface area contributed by atoms with Gasteiger partial charge in [0, 0.05) is 6.07 Å². The van der Waals surface area contributed by atoms with E-state index in [9.17, 15) is 50.8 Å². The van der Waals surface area contributed by atoms with Crippen LogP contribution in [-0.4, -0.2) is 135 Å². The van der Waals surface area contributed by atoms with E-state index in [4.69, 9.17) is 32.8 Å². The topological polar surface area (TPSA) is 268 Å². The molecule has 0 amide bonds. The van der Waals surface area contributed by atoms with Crippen molar-refractivity contribution in [2.45, 2.75) is 61.4 Å². The summed E-state index contributed by atoms with van der Waals surface area (Å²) < 4.78 is 38.0. The fourth-order valence-electron chi connectivity index (χ4n) is 5.23. The Morgan fingerprint density at radius 2 is 1.43 bits per heavy atom. The molecule has 3 heterocycles. The van der Waals surface area contributed by atoms with E-state index in [0.717, 1.165) is 13.4 Å². The number of hydrogen-bond acceptors (Lipinski definition) is 17. The highest BCUT2D eigenvalue weighted by Gasteiger charge is 2.48. The molecule has 2 aliphatic rings. The van der Waals surface area contributed by atoms with Crippen LogP contribution in [0.15, 0.2) is 39.7 Å². The zero-order valence-electron chi connectivity index (χ0n) is 24.4. The molecule has 2 aromatic carbocycles. The maximum Gasteiger partial charge on any atom is 0.229 e. The molecular formula is C29H34O17. The number of aromatic hydroxyl groups is 2. The van der Waals surface area contributed by atoms with Crippen LogP contribution in [0, 0.1) is 0 Å². The van der Waals surface area contributed by atoms with Crippen molar-refractivity contribution in [3.63, 3.8) is 0 Å². The van der Waals surface area contributed by atoms with Crippen LogP contribution in [0.25, 0.3) is 22.1 Å². The first-order valence-electron chi connectivity index (χ1n) is 13.9. The van der Waals surface area contributed by atoms with Gasteiger partial charge < -0.3 is 78.8 Å². The van der Waals surface area contributed by atoms with E-state index in [2.05, 4.69) is 0 Å². The second kappa shape index (κ2) is 13.5. The molecular weight excluding hydrogens is 620 g/mol. The van der Waals surface area contributed by atoms with E-state index in [1.165, 1.54) is 31.4 Å². The monoisotopic (exact) mass is 654 g/mol. The van der Waals surface area contributed by atoms with Gasteiger partial charge in [-0.15, -0.1) is 0 Å². The molecule has 1 aromatic heterocycles. The Bertz CT molecular complexity index is 1590. The maximum absolute atomic E-state index is 13.5. The average Bonchev–Trinajstić information content (AvgIpc) is 3.04. The lowest BCUT2D eigenvalue weighted by Gasteiger charge is -2.42. The van der Waals surface area contributed by atoms with Gasteiger partial charge in [-0.05, 0) is 17.7 Å². The largest absolute Gasteiger partial charge is 0.504 e. The summed E-state index contributed by atoms with van der Waals surface area (Å²) in [6.07, 6.45) is -15.5. The average molecular weight is 655 g/mol. The van der Waals surface area contributed by atoms with Crippen LogP contribution < -0.4 is 19.6 Å². The summed E-state index contributed by atoms with van der Waals surface area (Å²) in [6, 6.07) is 5.33. The van der Waals surface area contributed by atoms with Crippen LogP contribution in [-0.2, 0) is 14.2 Å². The second-order valence-corrected chi connectivity index (χ2v) is 10.7. The summed E-state index contributed by atoms with van der Waals surface area (Å²) in [5.41, 5.74) is -0.509. The summed E-state index contributed by atoms with van der Waals surface area (Å²) in [7, 11) is 2.50. The molecule has 46 heavy (non-hydrogen) atoms. The Hall–Kier alpha value is -3.75. The minimum absolute atomic E-state index is 0.0159. The van der Waals surface area contributed by atoms with Crippen molar-refractivity contribution in [1.82, 2.24) is 0 Å². The van der Waals surface area contributed by atoms with E-state index in [0.29, 0.717) is 5.56 Å². The summed E-state index contributed by atoms with van der Waals surface area (Å²) >= 11 is 0. The van der Waals surface area contributed by atoms with Gasteiger partial charge in [-0.1, -0.05) is 6.07 Å². The molecule has 2 saturated heterocycles. The molecule has 10 unspecified atom stereocenters. The second-order valence-electron chi connectivity index (χ2n) is 10.7. The molecule has 3 aromatic rings. The first kappa shape index (κ1) is 33.6. The Labute approximate surface area is 259 Å². The summed E-state index contributed by atoms with van der Waals surface area (Å²) in [5, 5.41) is 91.9. The lowest BCUT2D eigenvalue weighted by molar-refractivity contribution is -0.323. The van der Waals surface area contributed by atoms with Crippen molar-refractivity contribution in [2.75, 3.05) is 27.4 Å². The number of benzene rings is 2. The number of rotatable bonds is 9. The van der Waals surface area contributed by atoms with Crippen molar-refractivity contribution in [1.29, 1.82) is 0 Å². The van der Waals surface area contributed by atoms with E-state index < -0.39 is 85.8 Å². The van der Waals surface area contributed by atoms with E-state index in [1.54, 1.807) is 0 Å². The van der Waals surface area contributed by atoms with Crippen molar-refractivity contribution in [2.24, 2.45) is 0 Å². The van der Waals surface area contributed by atoms with Crippen LogP contribution >= 0.6 is 0 Å². The molecule has 9 N–H and O–H groups in total. The molecule has 10 atom stereocenters. The van der Waals surface area contributed by atoms with Gasteiger partial charge >= 0.3 is 0 Å². The molecule has 0 aliphatic carbocycles. The summed E-state index contributed by atoms with van der Waals surface area (Å²) in [6.45, 7) is -1.31. The van der Waals surface area contributed by atoms with Crippen LogP contribution in [0.5, 0.6) is 28.7 Å². The zero-order chi connectivity index (χ0) is 33.4. The Morgan fingerprint density at radius 1 is 0.783 bits per heavy atom. The third-order valence-corrected chi connectivity index (χ3v) is 7.84. The van der Waals surface area contributed by atoms with Gasteiger partial charge in [-0.3, -0.25) is 4.79 Å². The van der Waals surface area contributed by atoms with Crippen LogP contribution in [0.3, 0.4) is 0 Å². The molecule has 0 spiro atoms. The molecule has 0 bridgehead atoms. The fourth-order valence-corrected chi connectivity index (χ4v) is 5.23. The number of aliphatic hydroxyl groups excluding tert-OH is 7. The molecule has 252 valence electrons. The van der Waals surface area contributed by atoms with E-state index in [1.807, 2.05) is 0 Å². The molecule has 2 aliphatic heterocycles. The maximum atomic E-state index is 13.5. The van der Waals surface area contributed by atoms with Gasteiger partial charge in [0.05, 0.1) is 33.0 Å². The SMILES string of the molecule is COc1cc(-c2coc3cc(OC4OC(COC5OC(CO)C(O)C(O)C5O)C(O)C(O)C4O)c(OC)c(O)c3c2=O)ccc1O. The number of hydrogen-bond donors (Lipinski definition) is 9. The highest BCUT2D eigenvalue weighted by Crippen LogP contribution is 2.43. The van der Waals surface area contributed by atoms with Crippen LogP contribution in [0.2, 0.25) is 0 Å². The molecule has 17 nitrogen and oxygen atoms in total. The lowest BCUT2D eigenvalue weighted by atomic mass is 9.98. The molecule has 0 radical (unpaired) electrons. The van der Waals surface area contributed by atoms with Crippen molar-refractivity contribution >= 4 is 11.0 Å². The van der Waals surface area contributed by atoms with Gasteiger partial charge in [0.15, 0.2) is 29.3 Å². The number of phenolic OH excluding ortho intramolecular Hbond substituents is 2. The predicted octanol–water partition coefficient (Wildman–Crippen LogP) is -2.11. The molecule has 17 heteroatoms. The third kappa shape index (κ3) is 6.05. The number of aliphatic hydroxyl groups is 7.